The molecule has 9 heteroatoms. The van der Waals surface area contributed by atoms with Crippen LogP contribution in [0.1, 0.15) is 48.6 Å². The molecule has 2 aromatic carbocycles. The zero-order valence-corrected chi connectivity index (χ0v) is 18.3. The number of hydrogen-bond acceptors (Lipinski definition) is 4. The maximum atomic E-state index is 14.1. The fourth-order valence-electron chi connectivity index (χ4n) is 3.64. The van der Waals surface area contributed by atoms with E-state index < -0.39 is 55.7 Å². The summed E-state index contributed by atoms with van der Waals surface area (Å²) in [4.78, 5) is 1.89. The molecule has 168 valence electrons. The van der Waals surface area contributed by atoms with Crippen molar-refractivity contribution >= 4 is 15.5 Å². The van der Waals surface area contributed by atoms with E-state index in [1.165, 1.54) is 0 Å². The van der Waals surface area contributed by atoms with Crippen molar-refractivity contribution in [3.63, 3.8) is 0 Å². The van der Waals surface area contributed by atoms with E-state index in [2.05, 4.69) is 6.58 Å². The Bertz CT molecular complexity index is 1120. The predicted octanol–water partition coefficient (Wildman–Crippen LogP) is 5.45. The molecule has 0 saturated heterocycles. The zero-order chi connectivity index (χ0) is 23.1. The first kappa shape index (κ1) is 23.1. The Labute approximate surface area is 179 Å². The summed E-state index contributed by atoms with van der Waals surface area (Å²) in [6.45, 7) is 9.25. The van der Waals surface area contributed by atoms with Crippen molar-refractivity contribution in [1.29, 1.82) is 0 Å². The Kier molecular flexibility index (Phi) is 6.36. The Balaban J connectivity index is 1.92. The lowest BCUT2D eigenvalue weighted by molar-refractivity contribution is 0.118. The molecule has 0 fully saturated rings. The first-order valence-electron chi connectivity index (χ1n) is 9.74. The molecule has 3 rings (SSSR count). The van der Waals surface area contributed by atoms with Crippen LogP contribution in [0.2, 0.25) is 0 Å². The number of hydrogen-bond donors (Lipinski definition) is 0. The fourth-order valence-corrected chi connectivity index (χ4v) is 5.12. The van der Waals surface area contributed by atoms with Crippen molar-refractivity contribution in [3.8, 4) is 0 Å². The molecule has 0 aliphatic carbocycles. The van der Waals surface area contributed by atoms with Gasteiger partial charge in [-0.3, -0.25) is 0 Å². The summed E-state index contributed by atoms with van der Waals surface area (Å²) in [5.74, 6) is -7.81. The monoisotopic (exact) mass is 457 g/mol. The number of ether oxygens (including phenoxy) is 1. The molecule has 0 aromatic heterocycles. The standard InChI is InChI=1S/C22H23F4NO3S/c1-5-8-27-14(4)30-13(3)16-9-15(6-7-18(16)27)10-31(28,29)11-17-21(25)19(23)12(2)20(24)22(17)26/h6-7,9,13H,4-5,8,10-11H2,1-3H3. The summed E-state index contributed by atoms with van der Waals surface area (Å²) >= 11 is 0. The van der Waals surface area contributed by atoms with Crippen LogP contribution in [0, 0.1) is 30.2 Å². The molecular formula is C22H23F4NO3S. The highest BCUT2D eigenvalue weighted by Crippen LogP contribution is 2.38. The van der Waals surface area contributed by atoms with Gasteiger partial charge in [0.25, 0.3) is 0 Å². The third kappa shape index (κ3) is 4.42. The average molecular weight is 457 g/mol. The Hall–Kier alpha value is -2.55. The van der Waals surface area contributed by atoms with Crippen LogP contribution in [-0.2, 0) is 26.1 Å². The van der Waals surface area contributed by atoms with Crippen molar-refractivity contribution in [1.82, 2.24) is 0 Å². The molecule has 31 heavy (non-hydrogen) atoms. The minimum absolute atomic E-state index is 0.367. The SMILES string of the molecule is C=C1OC(C)c2cc(CS(=O)(=O)Cc3c(F)c(F)c(C)c(F)c3F)ccc2N1CCC. The summed E-state index contributed by atoms with van der Waals surface area (Å²) in [6.07, 6.45) is 0.473. The largest absolute Gasteiger partial charge is 0.471 e. The minimum Gasteiger partial charge on any atom is -0.471 e. The number of anilines is 1. The van der Waals surface area contributed by atoms with Gasteiger partial charge in [-0.2, -0.15) is 0 Å². The number of benzene rings is 2. The van der Waals surface area contributed by atoms with Gasteiger partial charge in [0.15, 0.2) is 39.0 Å². The molecule has 0 saturated carbocycles. The molecule has 1 aliphatic heterocycles. The Morgan fingerprint density at radius 3 is 2.26 bits per heavy atom. The molecule has 0 radical (unpaired) electrons. The summed E-state index contributed by atoms with van der Waals surface area (Å²) in [5.41, 5.74) is -0.0180. The van der Waals surface area contributed by atoms with Crippen LogP contribution in [0.4, 0.5) is 23.2 Å². The van der Waals surface area contributed by atoms with E-state index >= 15 is 0 Å². The maximum absolute atomic E-state index is 14.1. The molecule has 4 nitrogen and oxygen atoms in total. The number of fused-ring (bicyclic) bond motifs is 1. The van der Waals surface area contributed by atoms with E-state index in [4.69, 9.17) is 4.74 Å². The lowest BCUT2D eigenvalue weighted by atomic mass is 10.0. The molecule has 1 unspecified atom stereocenters. The maximum Gasteiger partial charge on any atom is 0.187 e. The van der Waals surface area contributed by atoms with Gasteiger partial charge in [0.05, 0.1) is 17.2 Å². The van der Waals surface area contributed by atoms with E-state index in [0.717, 1.165) is 24.6 Å². The van der Waals surface area contributed by atoms with Crippen LogP contribution in [0.25, 0.3) is 0 Å². The minimum atomic E-state index is -4.14. The van der Waals surface area contributed by atoms with E-state index in [1.54, 1.807) is 25.1 Å². The van der Waals surface area contributed by atoms with E-state index in [0.29, 0.717) is 18.0 Å². The van der Waals surface area contributed by atoms with Crippen LogP contribution in [0.3, 0.4) is 0 Å². The highest BCUT2D eigenvalue weighted by molar-refractivity contribution is 7.89. The summed E-state index contributed by atoms with van der Waals surface area (Å²) in [5, 5.41) is 0. The second kappa shape index (κ2) is 8.53. The third-order valence-corrected chi connectivity index (χ3v) is 6.71. The highest BCUT2D eigenvalue weighted by atomic mass is 32.2. The molecule has 1 aliphatic rings. The van der Waals surface area contributed by atoms with E-state index in [9.17, 15) is 26.0 Å². The van der Waals surface area contributed by atoms with Crippen molar-refractivity contribution < 1.29 is 30.7 Å². The molecule has 1 atom stereocenters. The molecule has 0 amide bonds. The zero-order valence-electron chi connectivity index (χ0n) is 17.4. The van der Waals surface area contributed by atoms with Crippen molar-refractivity contribution in [2.75, 3.05) is 11.4 Å². The lowest BCUT2D eigenvalue weighted by Crippen LogP contribution is -2.30. The molecular weight excluding hydrogens is 434 g/mol. The van der Waals surface area contributed by atoms with Crippen molar-refractivity contribution in [3.05, 3.63) is 76.2 Å². The van der Waals surface area contributed by atoms with Gasteiger partial charge in [-0.05, 0) is 44.5 Å². The highest BCUT2D eigenvalue weighted by Gasteiger charge is 2.29. The second-order valence-corrected chi connectivity index (χ2v) is 9.65. The number of halogens is 4. The average Bonchev–Trinajstić information content (AvgIpc) is 2.71. The summed E-state index contributed by atoms with van der Waals surface area (Å²) in [7, 11) is -4.14. The van der Waals surface area contributed by atoms with Gasteiger partial charge < -0.3 is 9.64 Å². The molecule has 0 spiro atoms. The van der Waals surface area contributed by atoms with Crippen LogP contribution >= 0.6 is 0 Å². The Morgan fingerprint density at radius 1 is 1.06 bits per heavy atom. The molecule has 2 aromatic rings. The van der Waals surface area contributed by atoms with Gasteiger partial charge in [-0.25, -0.2) is 26.0 Å². The van der Waals surface area contributed by atoms with Gasteiger partial charge in [-0.1, -0.05) is 13.0 Å². The van der Waals surface area contributed by atoms with Gasteiger partial charge >= 0.3 is 0 Å². The Morgan fingerprint density at radius 2 is 1.68 bits per heavy atom. The summed E-state index contributed by atoms with van der Waals surface area (Å²) < 4.78 is 86.8. The van der Waals surface area contributed by atoms with Crippen LogP contribution in [0.15, 0.2) is 30.7 Å². The number of sulfone groups is 1. The first-order valence-corrected chi connectivity index (χ1v) is 11.6. The molecule has 1 heterocycles. The van der Waals surface area contributed by atoms with Crippen molar-refractivity contribution in [2.24, 2.45) is 0 Å². The number of rotatable bonds is 6. The number of nitrogens with zero attached hydrogens (tertiary/aromatic N) is 1. The molecule has 0 N–H and O–H groups in total. The van der Waals surface area contributed by atoms with Gasteiger partial charge in [0, 0.05) is 23.2 Å². The van der Waals surface area contributed by atoms with Crippen molar-refractivity contribution in [2.45, 2.75) is 44.8 Å². The van der Waals surface area contributed by atoms with E-state index in [-0.39, 0.29) is 6.10 Å². The van der Waals surface area contributed by atoms with Gasteiger partial charge in [0.1, 0.15) is 6.10 Å². The fraction of sp³-hybridized carbons (Fsp3) is 0.364. The third-order valence-electron chi connectivity index (χ3n) is 5.21. The molecule has 0 bridgehead atoms. The van der Waals surface area contributed by atoms with E-state index in [1.807, 2.05) is 11.8 Å². The van der Waals surface area contributed by atoms with Crippen LogP contribution in [-0.4, -0.2) is 15.0 Å². The van der Waals surface area contributed by atoms with Crippen LogP contribution < -0.4 is 4.90 Å². The second-order valence-electron chi connectivity index (χ2n) is 7.59. The first-order chi connectivity index (χ1) is 14.5. The van der Waals surface area contributed by atoms with Crippen LogP contribution in [0.5, 0.6) is 0 Å². The normalized spacial score (nSPS) is 16.3. The predicted molar refractivity (Wildman–Crippen MR) is 110 cm³/mol. The van der Waals surface area contributed by atoms with Gasteiger partial charge in [0.2, 0.25) is 0 Å². The lowest BCUT2D eigenvalue weighted by Gasteiger charge is -2.36. The smallest absolute Gasteiger partial charge is 0.187 e. The quantitative estimate of drug-likeness (QED) is 0.428. The topological polar surface area (TPSA) is 46.6 Å². The summed E-state index contributed by atoms with van der Waals surface area (Å²) in [6, 6.07) is 4.98. The van der Waals surface area contributed by atoms with Gasteiger partial charge in [-0.15, -0.1) is 0 Å².